The highest BCUT2D eigenvalue weighted by Gasteiger charge is 2.25. The molecule has 278 valence electrons. The van der Waals surface area contributed by atoms with Crippen LogP contribution in [-0.4, -0.2) is 80.6 Å². The molecule has 0 radical (unpaired) electrons. The molecule has 0 unspecified atom stereocenters. The van der Waals surface area contributed by atoms with E-state index < -0.39 is 45.5 Å². The number of esters is 1. The van der Waals surface area contributed by atoms with E-state index in [1.807, 2.05) is 38.1 Å². The van der Waals surface area contributed by atoms with E-state index >= 15 is 0 Å². The highest BCUT2D eigenvalue weighted by molar-refractivity contribution is 7.90. The van der Waals surface area contributed by atoms with Gasteiger partial charge in [-0.2, -0.15) is 0 Å². The summed E-state index contributed by atoms with van der Waals surface area (Å²) < 4.78 is 43.4. The quantitative estimate of drug-likeness (QED) is 0.104. The molecule has 3 aromatic carbocycles. The third kappa shape index (κ3) is 14.4. The zero-order valence-corrected chi connectivity index (χ0v) is 31.5. The Morgan fingerprint density at radius 3 is 2.29 bits per heavy atom. The van der Waals surface area contributed by atoms with E-state index in [2.05, 4.69) is 10.0 Å². The van der Waals surface area contributed by atoms with Gasteiger partial charge in [0.25, 0.3) is 5.91 Å². The summed E-state index contributed by atoms with van der Waals surface area (Å²) in [5, 5.41) is 14.6. The van der Waals surface area contributed by atoms with Crippen molar-refractivity contribution in [1.82, 2.24) is 9.62 Å². The number of sulfonamides is 1. The topological polar surface area (TPSA) is 161 Å². The molecule has 1 atom stereocenters. The number of anilines is 1. The zero-order chi connectivity index (χ0) is 37.8. The molecule has 0 bridgehead atoms. The van der Waals surface area contributed by atoms with Gasteiger partial charge in [-0.25, -0.2) is 17.9 Å². The van der Waals surface area contributed by atoms with Gasteiger partial charge in [0.15, 0.2) is 0 Å². The molecular formula is C37H48ClN3O9S. The fourth-order valence-electron chi connectivity index (χ4n) is 4.70. The van der Waals surface area contributed by atoms with E-state index in [0.717, 1.165) is 16.8 Å². The van der Waals surface area contributed by atoms with Gasteiger partial charge in [0, 0.05) is 30.7 Å². The molecule has 0 aliphatic heterocycles. The van der Waals surface area contributed by atoms with Gasteiger partial charge in [0.05, 0.1) is 37.2 Å². The smallest absolute Gasteiger partial charge is 0.410 e. The van der Waals surface area contributed by atoms with Crippen molar-refractivity contribution in [3.05, 3.63) is 82.9 Å². The number of nitrogens with one attached hydrogen (secondary N) is 2. The van der Waals surface area contributed by atoms with Gasteiger partial charge in [-0.1, -0.05) is 55.8 Å². The van der Waals surface area contributed by atoms with Crippen molar-refractivity contribution in [1.29, 1.82) is 0 Å². The lowest BCUT2D eigenvalue weighted by Crippen LogP contribution is -2.41. The molecule has 12 nitrogen and oxygen atoms in total. The van der Waals surface area contributed by atoms with Gasteiger partial charge in [-0.3, -0.25) is 9.59 Å². The molecule has 3 rings (SSSR count). The van der Waals surface area contributed by atoms with Crippen LogP contribution >= 0.6 is 11.6 Å². The average molecular weight is 746 g/mol. The van der Waals surface area contributed by atoms with Gasteiger partial charge in [-0.05, 0) is 86.2 Å². The highest BCUT2D eigenvalue weighted by atomic mass is 35.5. The second-order valence-electron chi connectivity index (χ2n) is 13.4. The van der Waals surface area contributed by atoms with Crippen LogP contribution in [0.5, 0.6) is 5.75 Å². The summed E-state index contributed by atoms with van der Waals surface area (Å²) in [5.41, 5.74) is 2.28. The Balaban J connectivity index is 1.70. The van der Waals surface area contributed by atoms with E-state index in [9.17, 15) is 27.9 Å². The number of carbonyl (C=O) groups excluding carboxylic acids is 3. The van der Waals surface area contributed by atoms with Crippen LogP contribution in [0, 0.1) is 5.92 Å². The monoisotopic (exact) mass is 745 g/mol. The van der Waals surface area contributed by atoms with Crippen molar-refractivity contribution >= 4 is 45.3 Å². The predicted octanol–water partition coefficient (Wildman–Crippen LogP) is 6.44. The summed E-state index contributed by atoms with van der Waals surface area (Å²) in [5.74, 6) is -1.35. The first-order valence-corrected chi connectivity index (χ1v) is 18.7. The summed E-state index contributed by atoms with van der Waals surface area (Å²) in [6.07, 6.45) is -1.48. The standard InChI is InChI=1S/C37H48ClN3O9S/c1-25(2)24-49-34-22-28(13-16-32(34)35(44)40-51(46,47)20-8-19-48-26(3)42)27-11-14-31(15-12-27)39-17-18-41(36(45)50-37(4,5)6)23-33(43)29-9-7-10-30(38)21-29/h7,9-16,21-22,25,33,39,43H,8,17-20,23-24H2,1-6H3,(H,40,44)/t33-/m0/s1. The Labute approximate surface area is 305 Å². The van der Waals surface area contributed by atoms with Crippen LogP contribution in [0.3, 0.4) is 0 Å². The highest BCUT2D eigenvalue weighted by Crippen LogP contribution is 2.29. The number of hydrogen-bond donors (Lipinski definition) is 3. The van der Waals surface area contributed by atoms with Gasteiger partial charge < -0.3 is 29.5 Å². The van der Waals surface area contributed by atoms with Gasteiger partial charge in [0.2, 0.25) is 10.0 Å². The number of aliphatic hydroxyl groups is 1. The molecule has 0 aromatic heterocycles. The van der Waals surface area contributed by atoms with Crippen LogP contribution < -0.4 is 14.8 Å². The van der Waals surface area contributed by atoms with E-state index in [0.29, 0.717) is 23.7 Å². The maximum atomic E-state index is 13.0. The first-order chi connectivity index (χ1) is 23.9. The molecule has 14 heteroatoms. The largest absolute Gasteiger partial charge is 0.492 e. The second-order valence-corrected chi connectivity index (χ2v) is 15.6. The molecule has 0 fully saturated rings. The Kier molecular flexibility index (Phi) is 15.1. The number of amides is 2. The zero-order valence-electron chi connectivity index (χ0n) is 29.9. The van der Waals surface area contributed by atoms with Gasteiger partial charge >= 0.3 is 12.1 Å². The molecule has 0 aliphatic carbocycles. The fourth-order valence-corrected chi connectivity index (χ4v) is 5.90. The third-order valence-corrected chi connectivity index (χ3v) is 8.67. The SMILES string of the molecule is CC(=O)OCCCS(=O)(=O)NC(=O)c1ccc(-c2ccc(NCCN(C[C@H](O)c3cccc(Cl)c3)C(=O)OC(C)(C)C)cc2)cc1OCC(C)C. The normalized spacial score (nSPS) is 12.2. The van der Waals surface area contributed by atoms with Crippen molar-refractivity contribution in [2.24, 2.45) is 5.92 Å². The first kappa shape index (κ1) is 41.1. The Bertz CT molecular complexity index is 1740. The van der Waals surface area contributed by atoms with Crippen molar-refractivity contribution in [2.75, 3.05) is 43.9 Å². The Morgan fingerprint density at radius 1 is 0.980 bits per heavy atom. The first-order valence-electron chi connectivity index (χ1n) is 16.6. The number of aliphatic hydroxyl groups excluding tert-OH is 1. The van der Waals surface area contributed by atoms with Crippen LogP contribution in [0.25, 0.3) is 11.1 Å². The van der Waals surface area contributed by atoms with Crippen molar-refractivity contribution in [2.45, 2.75) is 59.7 Å². The number of halogens is 1. The van der Waals surface area contributed by atoms with Crippen molar-refractivity contribution in [3.63, 3.8) is 0 Å². The average Bonchev–Trinajstić information content (AvgIpc) is 3.04. The Hall–Kier alpha value is -4.33. The minimum absolute atomic E-state index is 0.00706. The number of nitrogens with zero attached hydrogens (tertiary/aromatic N) is 1. The summed E-state index contributed by atoms with van der Waals surface area (Å²) in [6.45, 7) is 11.3. The fraction of sp³-hybridized carbons (Fsp3) is 0.432. The molecule has 0 aliphatic rings. The van der Waals surface area contributed by atoms with E-state index in [1.54, 1.807) is 57.2 Å². The van der Waals surface area contributed by atoms with E-state index in [4.69, 9.17) is 25.8 Å². The Morgan fingerprint density at radius 2 is 1.67 bits per heavy atom. The van der Waals surface area contributed by atoms with Crippen LogP contribution in [0.1, 0.15) is 70.0 Å². The summed E-state index contributed by atoms with van der Waals surface area (Å²) in [4.78, 5) is 38.4. The molecule has 0 spiro atoms. The summed E-state index contributed by atoms with van der Waals surface area (Å²) in [6, 6.07) is 19.3. The molecule has 0 heterocycles. The van der Waals surface area contributed by atoms with Crippen molar-refractivity contribution < 1.29 is 42.1 Å². The van der Waals surface area contributed by atoms with Gasteiger partial charge in [0.1, 0.15) is 11.4 Å². The number of rotatable bonds is 17. The maximum Gasteiger partial charge on any atom is 0.410 e. The molecular weight excluding hydrogens is 698 g/mol. The van der Waals surface area contributed by atoms with Gasteiger partial charge in [-0.15, -0.1) is 0 Å². The van der Waals surface area contributed by atoms with Crippen LogP contribution in [0.4, 0.5) is 10.5 Å². The minimum Gasteiger partial charge on any atom is -0.492 e. The lowest BCUT2D eigenvalue weighted by molar-refractivity contribution is -0.140. The number of benzene rings is 3. The van der Waals surface area contributed by atoms with Crippen LogP contribution in [-0.2, 0) is 24.3 Å². The summed E-state index contributed by atoms with van der Waals surface area (Å²) >= 11 is 6.10. The number of carbonyl (C=O) groups is 3. The minimum atomic E-state index is -3.99. The lowest BCUT2D eigenvalue weighted by atomic mass is 10.0. The molecule has 2 amide bonds. The number of ether oxygens (including phenoxy) is 3. The van der Waals surface area contributed by atoms with Crippen molar-refractivity contribution in [3.8, 4) is 16.9 Å². The molecule has 51 heavy (non-hydrogen) atoms. The predicted molar refractivity (Wildman–Crippen MR) is 197 cm³/mol. The molecule has 0 saturated carbocycles. The molecule has 3 aromatic rings. The van der Waals surface area contributed by atoms with Crippen LogP contribution in [0.15, 0.2) is 66.7 Å². The third-order valence-electron chi connectivity index (χ3n) is 7.12. The number of hydrogen-bond acceptors (Lipinski definition) is 10. The van der Waals surface area contributed by atoms with E-state index in [-0.39, 0.29) is 43.3 Å². The van der Waals surface area contributed by atoms with E-state index in [1.165, 1.54) is 17.9 Å². The molecule has 0 saturated heterocycles. The maximum absolute atomic E-state index is 13.0. The molecule has 3 N–H and O–H groups in total. The summed E-state index contributed by atoms with van der Waals surface area (Å²) in [7, 11) is -3.99. The van der Waals surface area contributed by atoms with Crippen LogP contribution in [0.2, 0.25) is 5.02 Å². The second kappa shape index (κ2) is 18.8. The lowest BCUT2D eigenvalue weighted by Gasteiger charge is -2.29.